The van der Waals surface area contributed by atoms with Crippen LogP contribution >= 0.6 is 27.3 Å². The summed E-state index contributed by atoms with van der Waals surface area (Å²) >= 11 is 5.10. The van der Waals surface area contributed by atoms with Gasteiger partial charge in [-0.15, -0.1) is 11.3 Å². The average molecular weight is 326 g/mol. The Kier molecular flexibility index (Phi) is 4.97. The first kappa shape index (κ1) is 14.2. The third kappa shape index (κ3) is 3.55. The molecule has 2 atom stereocenters. The van der Waals surface area contributed by atoms with Crippen LogP contribution in [0.3, 0.4) is 0 Å². The minimum Gasteiger partial charge on any atom is -0.315 e. The summed E-state index contributed by atoms with van der Waals surface area (Å²) < 4.78 is 24.0. The Labute approximate surface area is 109 Å². The molecular weight excluding hydrogens is 310 g/mol. The maximum absolute atomic E-state index is 11.5. The molecule has 1 heterocycles. The van der Waals surface area contributed by atoms with E-state index < -0.39 is 9.84 Å². The van der Waals surface area contributed by atoms with Crippen molar-refractivity contribution >= 4 is 37.1 Å². The van der Waals surface area contributed by atoms with E-state index in [2.05, 4.69) is 21.2 Å². The first-order valence-electron chi connectivity index (χ1n) is 4.94. The van der Waals surface area contributed by atoms with E-state index in [0.29, 0.717) is 0 Å². The van der Waals surface area contributed by atoms with Gasteiger partial charge in [0.25, 0.3) is 0 Å². The minimum atomic E-state index is -3.00. The Hall–Kier alpha value is 0.0900. The Balaban J connectivity index is 2.81. The molecule has 16 heavy (non-hydrogen) atoms. The molecule has 1 rings (SSSR count). The van der Waals surface area contributed by atoms with E-state index in [-0.39, 0.29) is 11.3 Å². The molecule has 0 amide bonds. The number of nitrogens with one attached hydrogen (secondary N) is 1. The predicted octanol–water partition coefficient (Wildman–Crippen LogP) is 2.07. The van der Waals surface area contributed by atoms with Gasteiger partial charge in [-0.05, 0) is 47.8 Å². The molecule has 6 heteroatoms. The van der Waals surface area contributed by atoms with Crippen molar-refractivity contribution in [3.8, 4) is 0 Å². The fraction of sp³-hybridized carbons (Fsp3) is 0.600. The SMILES string of the molecule is CNC(Cc1sccc1Br)C(C)S(C)(=O)=O. The zero-order chi connectivity index (χ0) is 12.3. The number of hydrogen-bond donors (Lipinski definition) is 1. The van der Waals surface area contributed by atoms with Gasteiger partial charge in [-0.25, -0.2) is 8.42 Å². The van der Waals surface area contributed by atoms with Crippen LogP contribution in [0.1, 0.15) is 11.8 Å². The lowest BCUT2D eigenvalue weighted by Gasteiger charge is -2.21. The minimum absolute atomic E-state index is 0.0510. The van der Waals surface area contributed by atoms with Crippen LogP contribution in [0.15, 0.2) is 15.9 Å². The summed E-state index contributed by atoms with van der Waals surface area (Å²) in [5.41, 5.74) is 0. The van der Waals surface area contributed by atoms with Gasteiger partial charge >= 0.3 is 0 Å². The average Bonchev–Trinajstić information content (AvgIpc) is 2.58. The normalized spacial score (nSPS) is 16.0. The maximum Gasteiger partial charge on any atom is 0.151 e. The number of rotatable bonds is 5. The van der Waals surface area contributed by atoms with Crippen LogP contribution in [0.2, 0.25) is 0 Å². The van der Waals surface area contributed by atoms with E-state index >= 15 is 0 Å². The standard InChI is InChI=1S/C10H16BrNO2S2/c1-7(16(3,13)14)9(12-2)6-10-8(11)4-5-15-10/h4-5,7,9,12H,6H2,1-3H3. The van der Waals surface area contributed by atoms with Crippen molar-refractivity contribution in [2.75, 3.05) is 13.3 Å². The molecule has 0 aromatic carbocycles. The third-order valence-corrected chi connectivity index (χ3v) is 6.34. The van der Waals surface area contributed by atoms with Crippen molar-refractivity contribution in [2.45, 2.75) is 24.6 Å². The fourth-order valence-corrected chi connectivity index (χ4v) is 3.87. The number of thiophene rings is 1. The number of halogens is 1. The van der Waals surface area contributed by atoms with E-state index in [0.717, 1.165) is 10.9 Å². The second kappa shape index (κ2) is 5.62. The molecule has 1 N–H and O–H groups in total. The Morgan fingerprint density at radius 2 is 2.19 bits per heavy atom. The van der Waals surface area contributed by atoms with Crippen LogP contribution < -0.4 is 5.32 Å². The van der Waals surface area contributed by atoms with Crippen LogP contribution in [-0.2, 0) is 16.3 Å². The maximum atomic E-state index is 11.5. The quantitative estimate of drug-likeness (QED) is 0.901. The predicted molar refractivity (Wildman–Crippen MR) is 72.9 cm³/mol. The summed E-state index contributed by atoms with van der Waals surface area (Å²) in [6, 6.07) is 1.93. The molecule has 0 saturated carbocycles. The molecular formula is C10H16BrNO2S2. The van der Waals surface area contributed by atoms with Crippen LogP contribution in [0.4, 0.5) is 0 Å². The summed E-state index contributed by atoms with van der Waals surface area (Å²) in [4.78, 5) is 1.18. The van der Waals surface area contributed by atoms with Gasteiger partial charge in [0, 0.05) is 21.6 Å². The zero-order valence-corrected chi connectivity index (χ0v) is 12.7. The van der Waals surface area contributed by atoms with Crippen molar-refractivity contribution in [1.29, 1.82) is 0 Å². The summed E-state index contributed by atoms with van der Waals surface area (Å²) in [6.45, 7) is 1.75. The topological polar surface area (TPSA) is 46.2 Å². The van der Waals surface area contributed by atoms with E-state index in [4.69, 9.17) is 0 Å². The van der Waals surface area contributed by atoms with E-state index in [9.17, 15) is 8.42 Å². The summed E-state index contributed by atoms with van der Waals surface area (Å²) in [5, 5.41) is 4.69. The molecule has 1 aromatic heterocycles. The first-order valence-corrected chi connectivity index (χ1v) is 8.57. The van der Waals surface area contributed by atoms with E-state index in [1.807, 2.05) is 11.4 Å². The lowest BCUT2D eigenvalue weighted by Crippen LogP contribution is -2.41. The highest BCUT2D eigenvalue weighted by Gasteiger charge is 2.25. The summed E-state index contributed by atoms with van der Waals surface area (Å²) in [7, 11) is -1.20. The van der Waals surface area contributed by atoms with Gasteiger partial charge in [-0.2, -0.15) is 0 Å². The van der Waals surface area contributed by atoms with E-state index in [1.54, 1.807) is 25.3 Å². The van der Waals surface area contributed by atoms with Gasteiger partial charge in [0.2, 0.25) is 0 Å². The zero-order valence-electron chi connectivity index (χ0n) is 9.53. The molecule has 2 unspecified atom stereocenters. The third-order valence-electron chi connectivity index (χ3n) is 2.71. The monoisotopic (exact) mass is 325 g/mol. The number of sulfone groups is 1. The van der Waals surface area contributed by atoms with Crippen LogP contribution in [0, 0.1) is 0 Å². The highest BCUT2D eigenvalue weighted by Crippen LogP contribution is 2.25. The largest absolute Gasteiger partial charge is 0.315 e. The molecule has 3 nitrogen and oxygen atoms in total. The first-order chi connectivity index (χ1) is 7.36. The molecule has 92 valence electrons. The van der Waals surface area contributed by atoms with Gasteiger partial charge < -0.3 is 5.32 Å². The fourth-order valence-electron chi connectivity index (χ4n) is 1.47. The van der Waals surface area contributed by atoms with E-state index in [1.165, 1.54) is 11.1 Å². The smallest absolute Gasteiger partial charge is 0.151 e. The lowest BCUT2D eigenvalue weighted by molar-refractivity contribution is 0.518. The molecule has 0 aliphatic heterocycles. The molecule has 0 saturated heterocycles. The Morgan fingerprint density at radius 1 is 1.56 bits per heavy atom. The lowest BCUT2D eigenvalue weighted by atomic mass is 10.1. The molecule has 0 bridgehead atoms. The summed E-state index contributed by atoms with van der Waals surface area (Å²) in [5.74, 6) is 0. The van der Waals surface area contributed by atoms with Crippen LogP contribution in [0.5, 0.6) is 0 Å². The molecule has 1 aromatic rings. The highest BCUT2D eigenvalue weighted by atomic mass is 79.9. The molecule has 0 aliphatic rings. The summed E-state index contributed by atoms with van der Waals surface area (Å²) in [6.07, 6.45) is 2.01. The second-order valence-electron chi connectivity index (χ2n) is 3.83. The van der Waals surface area contributed by atoms with Crippen LogP contribution in [-0.4, -0.2) is 33.0 Å². The molecule has 0 aliphatic carbocycles. The van der Waals surface area contributed by atoms with Gasteiger partial charge in [0.15, 0.2) is 9.84 Å². The Morgan fingerprint density at radius 3 is 2.56 bits per heavy atom. The van der Waals surface area contributed by atoms with Crippen molar-refractivity contribution in [2.24, 2.45) is 0 Å². The number of hydrogen-bond acceptors (Lipinski definition) is 4. The molecule has 0 radical (unpaired) electrons. The van der Waals surface area contributed by atoms with Crippen molar-refractivity contribution < 1.29 is 8.42 Å². The van der Waals surface area contributed by atoms with Gasteiger partial charge in [0.05, 0.1) is 5.25 Å². The van der Waals surface area contributed by atoms with Gasteiger partial charge in [0.1, 0.15) is 0 Å². The molecule has 0 spiro atoms. The second-order valence-corrected chi connectivity index (χ2v) is 8.08. The van der Waals surface area contributed by atoms with Crippen molar-refractivity contribution in [1.82, 2.24) is 5.32 Å². The molecule has 0 fully saturated rings. The van der Waals surface area contributed by atoms with Crippen molar-refractivity contribution in [3.63, 3.8) is 0 Å². The van der Waals surface area contributed by atoms with Crippen molar-refractivity contribution in [3.05, 3.63) is 20.8 Å². The van der Waals surface area contributed by atoms with Gasteiger partial charge in [-0.3, -0.25) is 0 Å². The van der Waals surface area contributed by atoms with Crippen LogP contribution in [0.25, 0.3) is 0 Å². The number of likely N-dealkylation sites (N-methyl/N-ethyl adjacent to an activating group) is 1. The highest BCUT2D eigenvalue weighted by molar-refractivity contribution is 9.10. The Bertz CT molecular complexity index is 441. The van der Waals surface area contributed by atoms with Gasteiger partial charge in [-0.1, -0.05) is 0 Å².